The zero-order valence-corrected chi connectivity index (χ0v) is 13.4. The Balaban J connectivity index is 2.28. The number of benzene rings is 1. The molecule has 0 bridgehead atoms. The highest BCUT2D eigenvalue weighted by atomic mass is 32.2. The average molecular weight is 324 g/mol. The second-order valence-corrected chi connectivity index (χ2v) is 7.96. The molecule has 0 saturated carbocycles. The van der Waals surface area contributed by atoms with Gasteiger partial charge >= 0.3 is 0 Å². The van der Waals surface area contributed by atoms with Crippen LogP contribution in [0.5, 0.6) is 0 Å². The lowest BCUT2D eigenvalue weighted by Gasteiger charge is -2.05. The predicted octanol–water partition coefficient (Wildman–Crippen LogP) is 1.46. The fourth-order valence-electron chi connectivity index (χ4n) is 1.66. The van der Waals surface area contributed by atoms with E-state index in [1.165, 1.54) is 18.3 Å². The van der Waals surface area contributed by atoms with Crippen LogP contribution in [0, 0.1) is 0 Å². The quantitative estimate of drug-likeness (QED) is 0.855. The molecule has 7 heteroatoms. The molecule has 0 N–H and O–H groups in total. The maximum absolute atomic E-state index is 11.9. The van der Waals surface area contributed by atoms with Gasteiger partial charge in [-0.1, -0.05) is 30.3 Å². The number of carbonyl (C=O) groups excluding carboxylic acids is 1. The Morgan fingerprint density at radius 3 is 2.62 bits per heavy atom. The van der Waals surface area contributed by atoms with Gasteiger partial charge in [0.05, 0.1) is 0 Å². The van der Waals surface area contributed by atoms with Crippen LogP contribution in [-0.2, 0) is 21.2 Å². The molecule has 0 aliphatic heterocycles. The number of amides is 1. The lowest BCUT2D eigenvalue weighted by atomic mass is 10.2. The van der Waals surface area contributed by atoms with Crippen molar-refractivity contribution in [2.75, 3.05) is 6.26 Å². The first-order chi connectivity index (χ1) is 9.88. The number of aromatic nitrogens is 1. The summed E-state index contributed by atoms with van der Waals surface area (Å²) in [6, 6.07) is 9.78. The van der Waals surface area contributed by atoms with Crippen LogP contribution in [-0.4, -0.2) is 30.4 Å². The van der Waals surface area contributed by atoms with Crippen molar-refractivity contribution in [3.05, 3.63) is 52.3 Å². The Morgan fingerprint density at radius 2 is 2.00 bits per heavy atom. The lowest BCUT2D eigenvalue weighted by molar-refractivity contribution is -0.117. The minimum atomic E-state index is -3.42. The van der Waals surface area contributed by atoms with Crippen LogP contribution < -0.4 is 4.80 Å². The Bertz CT molecular complexity index is 789. The molecular formula is C14H16N2O3S2. The molecule has 1 unspecified atom stereocenters. The van der Waals surface area contributed by atoms with Gasteiger partial charge in [-0.15, -0.1) is 11.3 Å². The highest BCUT2D eigenvalue weighted by Gasteiger charge is 2.23. The summed E-state index contributed by atoms with van der Waals surface area (Å²) in [6.45, 7) is 1.94. The van der Waals surface area contributed by atoms with E-state index in [2.05, 4.69) is 4.99 Å². The topological polar surface area (TPSA) is 68.5 Å². The van der Waals surface area contributed by atoms with Crippen molar-refractivity contribution in [1.29, 1.82) is 0 Å². The van der Waals surface area contributed by atoms with Gasteiger partial charge in [0.1, 0.15) is 5.25 Å². The number of thiazole rings is 1. The van der Waals surface area contributed by atoms with Crippen molar-refractivity contribution in [1.82, 2.24) is 4.57 Å². The fourth-order valence-corrected chi connectivity index (χ4v) is 2.81. The largest absolute Gasteiger partial charge is 0.319 e. The van der Waals surface area contributed by atoms with E-state index < -0.39 is 21.0 Å². The predicted molar refractivity (Wildman–Crippen MR) is 82.7 cm³/mol. The van der Waals surface area contributed by atoms with Crippen molar-refractivity contribution in [2.45, 2.75) is 18.7 Å². The number of hydrogen-bond acceptors (Lipinski definition) is 4. The second kappa shape index (κ2) is 6.36. The van der Waals surface area contributed by atoms with Crippen LogP contribution in [0.1, 0.15) is 12.5 Å². The van der Waals surface area contributed by atoms with E-state index in [0.717, 1.165) is 11.8 Å². The molecule has 0 radical (unpaired) electrons. The summed E-state index contributed by atoms with van der Waals surface area (Å²) in [5.41, 5.74) is 1.08. The van der Waals surface area contributed by atoms with Gasteiger partial charge in [0.25, 0.3) is 5.91 Å². The number of hydrogen-bond donors (Lipinski definition) is 0. The van der Waals surface area contributed by atoms with Crippen LogP contribution in [0.3, 0.4) is 0 Å². The average Bonchev–Trinajstić information content (AvgIpc) is 2.85. The first-order valence-corrected chi connectivity index (χ1v) is 9.16. The number of carbonyl (C=O) groups is 1. The van der Waals surface area contributed by atoms with Crippen molar-refractivity contribution in [3.8, 4) is 0 Å². The molecule has 2 rings (SSSR count). The molecule has 0 spiro atoms. The van der Waals surface area contributed by atoms with Crippen LogP contribution in [0.4, 0.5) is 0 Å². The van der Waals surface area contributed by atoms with Crippen LogP contribution in [0.25, 0.3) is 0 Å². The third-order valence-corrected chi connectivity index (χ3v) is 5.33. The Hall–Kier alpha value is -1.73. The van der Waals surface area contributed by atoms with Crippen molar-refractivity contribution in [2.24, 2.45) is 4.99 Å². The van der Waals surface area contributed by atoms with E-state index >= 15 is 0 Å². The molecule has 2 aromatic rings. The second-order valence-electron chi connectivity index (χ2n) is 4.72. The molecule has 1 atom stereocenters. The molecule has 1 aromatic heterocycles. The van der Waals surface area contributed by atoms with Crippen molar-refractivity contribution in [3.63, 3.8) is 0 Å². The molecule has 0 aliphatic rings. The maximum atomic E-state index is 11.9. The first kappa shape index (κ1) is 15.7. The van der Waals surface area contributed by atoms with Gasteiger partial charge in [-0.3, -0.25) is 4.79 Å². The third kappa shape index (κ3) is 4.12. The van der Waals surface area contributed by atoms with Crippen LogP contribution in [0.15, 0.2) is 46.9 Å². The summed E-state index contributed by atoms with van der Waals surface area (Å²) < 4.78 is 24.6. The summed E-state index contributed by atoms with van der Waals surface area (Å²) in [5.74, 6) is -0.637. The van der Waals surface area contributed by atoms with E-state index in [0.29, 0.717) is 11.3 Å². The fraction of sp³-hybridized carbons (Fsp3) is 0.286. The standard InChI is InChI=1S/C14H16N2O3S2/c1-11(21(2,18)19)13(17)15-14-16(8-9-20-14)10-12-6-4-3-5-7-12/h3-9,11H,10H2,1-2H3. The Labute approximate surface area is 127 Å². The van der Waals surface area contributed by atoms with Crippen molar-refractivity contribution < 1.29 is 13.2 Å². The molecule has 0 aliphatic carbocycles. The van der Waals surface area contributed by atoms with E-state index in [1.54, 1.807) is 0 Å². The maximum Gasteiger partial charge on any atom is 0.266 e. The normalized spacial score (nSPS) is 14.1. The lowest BCUT2D eigenvalue weighted by Crippen LogP contribution is -2.27. The number of rotatable bonds is 4. The van der Waals surface area contributed by atoms with E-state index in [4.69, 9.17) is 0 Å². The molecule has 0 fully saturated rings. The van der Waals surface area contributed by atoms with Gasteiger partial charge < -0.3 is 4.57 Å². The zero-order valence-electron chi connectivity index (χ0n) is 11.8. The van der Waals surface area contributed by atoms with Crippen LogP contribution in [0.2, 0.25) is 0 Å². The molecule has 1 heterocycles. The van der Waals surface area contributed by atoms with E-state index in [1.807, 2.05) is 46.5 Å². The van der Waals surface area contributed by atoms with Gasteiger partial charge in [-0.05, 0) is 12.5 Å². The summed E-state index contributed by atoms with van der Waals surface area (Å²) >= 11 is 1.31. The summed E-state index contributed by atoms with van der Waals surface area (Å²) in [6.07, 6.45) is 2.87. The monoisotopic (exact) mass is 324 g/mol. The SMILES string of the molecule is CC(C(=O)N=c1sccn1Cc1ccccc1)S(C)(=O)=O. The Morgan fingerprint density at radius 1 is 1.33 bits per heavy atom. The van der Waals surface area contributed by atoms with Gasteiger partial charge in [0.2, 0.25) is 0 Å². The number of nitrogens with zero attached hydrogens (tertiary/aromatic N) is 2. The van der Waals surface area contributed by atoms with Crippen LogP contribution >= 0.6 is 11.3 Å². The highest BCUT2D eigenvalue weighted by molar-refractivity contribution is 7.92. The Kier molecular flexibility index (Phi) is 4.74. The van der Waals surface area contributed by atoms with Gasteiger partial charge in [-0.2, -0.15) is 4.99 Å². The minimum Gasteiger partial charge on any atom is -0.319 e. The van der Waals surface area contributed by atoms with E-state index in [9.17, 15) is 13.2 Å². The molecule has 112 valence electrons. The van der Waals surface area contributed by atoms with Gasteiger partial charge in [-0.25, -0.2) is 8.42 Å². The van der Waals surface area contributed by atoms with Gasteiger partial charge in [0, 0.05) is 24.4 Å². The molecular weight excluding hydrogens is 308 g/mol. The molecule has 21 heavy (non-hydrogen) atoms. The molecule has 5 nitrogen and oxygen atoms in total. The molecule has 0 saturated heterocycles. The first-order valence-electron chi connectivity index (χ1n) is 6.33. The van der Waals surface area contributed by atoms with E-state index in [-0.39, 0.29) is 0 Å². The molecule has 1 amide bonds. The minimum absolute atomic E-state index is 0.499. The third-order valence-electron chi connectivity index (χ3n) is 3.05. The molecule has 1 aromatic carbocycles. The summed E-state index contributed by atoms with van der Waals surface area (Å²) in [7, 11) is -3.42. The summed E-state index contributed by atoms with van der Waals surface area (Å²) in [5, 5.41) is 0.699. The number of sulfone groups is 1. The zero-order chi connectivity index (χ0) is 15.5. The summed E-state index contributed by atoms with van der Waals surface area (Å²) in [4.78, 5) is 16.4. The van der Waals surface area contributed by atoms with Gasteiger partial charge in [0.15, 0.2) is 14.6 Å². The smallest absolute Gasteiger partial charge is 0.266 e. The highest BCUT2D eigenvalue weighted by Crippen LogP contribution is 2.03. The van der Waals surface area contributed by atoms with Crippen molar-refractivity contribution >= 4 is 27.1 Å².